The molecular weight excluding hydrogens is 422 g/mol. The highest BCUT2D eigenvalue weighted by Crippen LogP contribution is 2.44. The molecule has 0 saturated carbocycles. The fraction of sp³-hybridized carbons (Fsp3) is 0.500. The van der Waals surface area contributed by atoms with Crippen molar-refractivity contribution in [1.82, 2.24) is 0 Å². The van der Waals surface area contributed by atoms with Gasteiger partial charge in [0.1, 0.15) is 21.6 Å². The van der Waals surface area contributed by atoms with Crippen molar-refractivity contribution in [2.75, 3.05) is 12.3 Å². The van der Waals surface area contributed by atoms with Crippen LogP contribution in [-0.2, 0) is 35.8 Å². The molecule has 0 atom stereocenters. The molecule has 0 amide bonds. The third-order valence-electron chi connectivity index (χ3n) is 4.65. The molecule has 0 spiro atoms. The highest BCUT2D eigenvalue weighted by atomic mass is 32.2. The van der Waals surface area contributed by atoms with Crippen LogP contribution in [0.5, 0.6) is 0 Å². The standard InChI is InChI=1S/C14H19NO9S3/c1-9-14(2,3)11-7-10(26(19,20)21)8-12(27(22,23)24)13(11)15(9)5-4-6-25(16,17)18/h7-8H,4-6H2,1-3H3,(H2-,16,17,18,19,20,21,22,23,24). The van der Waals surface area contributed by atoms with Crippen molar-refractivity contribution in [1.29, 1.82) is 0 Å². The molecule has 1 aliphatic rings. The lowest BCUT2D eigenvalue weighted by atomic mass is 9.82. The molecule has 152 valence electrons. The summed E-state index contributed by atoms with van der Waals surface area (Å²) >= 11 is 0. The quantitative estimate of drug-likeness (QED) is 0.472. The van der Waals surface area contributed by atoms with Crippen LogP contribution >= 0.6 is 0 Å². The summed E-state index contributed by atoms with van der Waals surface area (Å²) in [6, 6.07) is 1.67. The zero-order valence-electron chi connectivity index (χ0n) is 14.7. The second kappa shape index (κ2) is 6.60. The molecule has 10 nitrogen and oxygen atoms in total. The SMILES string of the molecule is CC1=[N+](CCCS(=O)(=O)O)c2c(cc(S(=O)(=O)O)cc2S(=O)(=O)[O-])C1(C)C. The van der Waals surface area contributed by atoms with Crippen molar-refractivity contribution in [3.8, 4) is 0 Å². The summed E-state index contributed by atoms with van der Waals surface area (Å²) in [6.07, 6.45) is -0.0654. The maximum atomic E-state index is 11.8. The first-order chi connectivity index (χ1) is 12.0. The van der Waals surface area contributed by atoms with Gasteiger partial charge in [0, 0.05) is 18.9 Å². The summed E-state index contributed by atoms with van der Waals surface area (Å²) in [7, 11) is -14.1. The van der Waals surface area contributed by atoms with Gasteiger partial charge in [0.25, 0.3) is 20.2 Å². The van der Waals surface area contributed by atoms with Gasteiger partial charge in [-0.1, -0.05) is 0 Å². The molecule has 0 radical (unpaired) electrons. The molecule has 2 N–H and O–H groups in total. The minimum absolute atomic E-state index is 0.0319. The first-order valence-electron chi connectivity index (χ1n) is 7.65. The molecule has 0 saturated heterocycles. The van der Waals surface area contributed by atoms with Crippen LogP contribution < -0.4 is 0 Å². The van der Waals surface area contributed by atoms with Crippen LogP contribution in [0.15, 0.2) is 21.9 Å². The lowest BCUT2D eigenvalue weighted by Crippen LogP contribution is -2.27. The van der Waals surface area contributed by atoms with E-state index in [2.05, 4.69) is 0 Å². The van der Waals surface area contributed by atoms with Crippen LogP contribution in [0.4, 0.5) is 5.69 Å². The highest BCUT2D eigenvalue weighted by molar-refractivity contribution is 7.86. The van der Waals surface area contributed by atoms with Crippen molar-refractivity contribution >= 4 is 41.8 Å². The smallest absolute Gasteiger partial charge is 0.294 e. The molecular formula is C14H19NO9S3. The zero-order chi connectivity index (χ0) is 21.0. The topological polar surface area (TPSA) is 169 Å². The lowest BCUT2D eigenvalue weighted by molar-refractivity contribution is -0.441. The summed E-state index contributed by atoms with van der Waals surface area (Å²) in [4.78, 5) is -1.55. The Hall–Kier alpha value is -1.38. The number of hydrogen-bond acceptors (Lipinski definition) is 7. The van der Waals surface area contributed by atoms with Crippen molar-refractivity contribution in [2.24, 2.45) is 0 Å². The fourth-order valence-corrected chi connectivity index (χ4v) is 4.89. The third-order valence-corrected chi connectivity index (χ3v) is 7.14. The van der Waals surface area contributed by atoms with Crippen LogP contribution in [0.2, 0.25) is 0 Å². The van der Waals surface area contributed by atoms with Crippen molar-refractivity contribution in [3.63, 3.8) is 0 Å². The van der Waals surface area contributed by atoms with E-state index >= 15 is 0 Å². The summed E-state index contributed by atoms with van der Waals surface area (Å²) in [5.41, 5.74) is -0.218. The molecule has 2 rings (SSSR count). The lowest BCUT2D eigenvalue weighted by Gasteiger charge is -2.17. The zero-order valence-corrected chi connectivity index (χ0v) is 17.1. The average molecular weight is 442 g/mol. The number of nitrogens with zero attached hydrogens (tertiary/aromatic N) is 1. The Morgan fingerprint density at radius 1 is 1.07 bits per heavy atom. The first kappa shape index (κ1) is 21.9. The summed E-state index contributed by atoms with van der Waals surface area (Å²) in [5.74, 6) is -0.574. The van der Waals surface area contributed by atoms with Crippen LogP contribution in [0.1, 0.15) is 32.8 Å². The number of benzene rings is 1. The van der Waals surface area contributed by atoms with Gasteiger partial charge in [0.05, 0.1) is 16.1 Å². The number of hydrogen-bond donors (Lipinski definition) is 2. The third kappa shape index (κ3) is 4.38. The van der Waals surface area contributed by atoms with Crippen LogP contribution in [0.25, 0.3) is 0 Å². The van der Waals surface area contributed by atoms with Crippen molar-refractivity contribution in [3.05, 3.63) is 17.7 Å². The molecule has 1 aromatic rings. The van der Waals surface area contributed by atoms with E-state index in [1.807, 2.05) is 0 Å². The Morgan fingerprint density at radius 2 is 1.63 bits per heavy atom. The average Bonchev–Trinajstić information content (AvgIpc) is 2.64. The fourth-order valence-electron chi connectivity index (χ4n) is 3.06. The Morgan fingerprint density at radius 3 is 2.07 bits per heavy atom. The molecule has 0 aliphatic carbocycles. The van der Waals surface area contributed by atoms with Gasteiger partial charge in [0.2, 0.25) is 5.69 Å². The van der Waals surface area contributed by atoms with Gasteiger partial charge in [-0.3, -0.25) is 9.11 Å². The molecule has 0 fully saturated rings. The van der Waals surface area contributed by atoms with E-state index in [0.717, 1.165) is 6.07 Å². The molecule has 0 aromatic heterocycles. The molecule has 13 heteroatoms. The second-order valence-corrected chi connectivity index (χ2v) is 11.1. The summed E-state index contributed by atoms with van der Waals surface area (Å²) in [6.45, 7) is 4.93. The minimum atomic E-state index is -5.12. The Labute approximate surface area is 157 Å². The molecule has 0 bridgehead atoms. The monoisotopic (exact) mass is 441 g/mol. The first-order valence-corrected chi connectivity index (χ1v) is 12.1. The van der Waals surface area contributed by atoms with Gasteiger partial charge >= 0.3 is 0 Å². The number of rotatable bonds is 6. The Balaban J connectivity index is 2.76. The summed E-state index contributed by atoms with van der Waals surface area (Å²) < 4.78 is 99.8. The molecule has 0 unspecified atom stereocenters. The number of fused-ring (bicyclic) bond motifs is 1. The van der Waals surface area contributed by atoms with Crippen LogP contribution in [-0.4, -0.2) is 61.5 Å². The second-order valence-electron chi connectivity index (χ2n) is 6.75. The predicted octanol–water partition coefficient (Wildman–Crippen LogP) is 0.511. The van der Waals surface area contributed by atoms with E-state index in [4.69, 9.17) is 4.55 Å². The van der Waals surface area contributed by atoms with Crippen molar-refractivity contribution < 1.29 is 43.5 Å². The maximum absolute atomic E-state index is 11.8. The normalized spacial score (nSPS) is 17.3. The van der Waals surface area contributed by atoms with Gasteiger partial charge in [-0.25, -0.2) is 8.42 Å². The predicted molar refractivity (Wildman–Crippen MR) is 93.7 cm³/mol. The van der Waals surface area contributed by atoms with E-state index in [0.29, 0.717) is 11.8 Å². The van der Waals surface area contributed by atoms with Crippen LogP contribution in [0, 0.1) is 0 Å². The molecule has 1 aromatic carbocycles. The highest BCUT2D eigenvalue weighted by Gasteiger charge is 2.46. The molecule has 27 heavy (non-hydrogen) atoms. The van der Waals surface area contributed by atoms with Crippen LogP contribution in [0.3, 0.4) is 0 Å². The molecule has 1 heterocycles. The maximum Gasteiger partial charge on any atom is 0.294 e. The van der Waals surface area contributed by atoms with E-state index in [1.165, 1.54) is 4.58 Å². The Bertz CT molecular complexity index is 1140. The van der Waals surface area contributed by atoms with Gasteiger partial charge in [-0.15, -0.1) is 0 Å². The van der Waals surface area contributed by atoms with Gasteiger partial charge in [0.15, 0.2) is 5.71 Å². The van der Waals surface area contributed by atoms with Gasteiger partial charge in [-0.05, 0) is 26.0 Å². The van der Waals surface area contributed by atoms with Gasteiger partial charge < -0.3 is 4.55 Å². The van der Waals surface area contributed by atoms with Gasteiger partial charge in [-0.2, -0.15) is 21.4 Å². The Kier molecular flexibility index (Phi) is 5.36. The summed E-state index contributed by atoms with van der Waals surface area (Å²) in [5, 5.41) is 0. The van der Waals surface area contributed by atoms with E-state index in [1.54, 1.807) is 20.8 Å². The van der Waals surface area contributed by atoms with Crippen molar-refractivity contribution in [2.45, 2.75) is 42.4 Å². The van der Waals surface area contributed by atoms with E-state index < -0.39 is 51.3 Å². The van der Waals surface area contributed by atoms with E-state index in [9.17, 15) is 34.4 Å². The minimum Gasteiger partial charge on any atom is -0.744 e. The van der Waals surface area contributed by atoms with E-state index in [-0.39, 0.29) is 24.2 Å². The largest absolute Gasteiger partial charge is 0.744 e. The molecule has 1 aliphatic heterocycles.